The Morgan fingerprint density at radius 1 is 1.29 bits per heavy atom. The van der Waals surface area contributed by atoms with Crippen molar-refractivity contribution in [2.75, 3.05) is 20.2 Å². The first-order valence-corrected chi connectivity index (χ1v) is 9.30. The predicted molar refractivity (Wildman–Crippen MR) is 106 cm³/mol. The molecule has 3 heterocycles. The Bertz CT molecular complexity index is 1030. The molecule has 2 amide bonds. The van der Waals surface area contributed by atoms with Crippen LogP contribution in [0.4, 0.5) is 0 Å². The predicted octanol–water partition coefficient (Wildman–Crippen LogP) is 2.87. The van der Waals surface area contributed by atoms with E-state index in [9.17, 15) is 9.59 Å². The second-order valence-corrected chi connectivity index (χ2v) is 7.15. The number of pyridine rings is 1. The highest BCUT2D eigenvalue weighted by Crippen LogP contribution is 2.22. The monoisotopic (exact) mass is 398 g/mol. The number of H-pyrrole nitrogens is 1. The van der Waals surface area contributed by atoms with Gasteiger partial charge in [0.25, 0.3) is 11.8 Å². The van der Waals surface area contributed by atoms with E-state index < -0.39 is 0 Å². The molecule has 0 aliphatic carbocycles. The lowest BCUT2D eigenvalue weighted by molar-refractivity contribution is 0.0778. The number of hydrogen-bond donors (Lipinski definition) is 2. The Labute approximate surface area is 166 Å². The highest BCUT2D eigenvalue weighted by molar-refractivity contribution is 6.31. The summed E-state index contributed by atoms with van der Waals surface area (Å²) < 4.78 is 5.00. The van der Waals surface area contributed by atoms with Crippen LogP contribution in [-0.4, -0.2) is 52.9 Å². The maximum atomic E-state index is 12.8. The van der Waals surface area contributed by atoms with Gasteiger partial charge in [-0.15, -0.1) is 0 Å². The summed E-state index contributed by atoms with van der Waals surface area (Å²) in [6.45, 7) is 1.05. The van der Waals surface area contributed by atoms with Crippen molar-refractivity contribution >= 4 is 34.3 Å². The van der Waals surface area contributed by atoms with Crippen molar-refractivity contribution in [2.45, 2.75) is 12.5 Å². The first-order chi connectivity index (χ1) is 13.5. The number of nitrogens with zero attached hydrogens (tertiary/aromatic N) is 2. The van der Waals surface area contributed by atoms with Gasteiger partial charge in [-0.3, -0.25) is 9.59 Å². The molecule has 4 rings (SSSR count). The zero-order chi connectivity index (χ0) is 19.7. The molecular weight excluding hydrogens is 380 g/mol. The molecule has 1 aliphatic heterocycles. The van der Waals surface area contributed by atoms with Gasteiger partial charge in [-0.1, -0.05) is 11.6 Å². The topological polar surface area (TPSA) is 87.3 Å². The second-order valence-electron chi connectivity index (χ2n) is 6.71. The van der Waals surface area contributed by atoms with E-state index in [2.05, 4.69) is 15.3 Å². The third-order valence-electron chi connectivity index (χ3n) is 4.83. The van der Waals surface area contributed by atoms with Crippen molar-refractivity contribution in [3.63, 3.8) is 0 Å². The lowest BCUT2D eigenvalue weighted by atomic mass is 10.2. The lowest BCUT2D eigenvalue weighted by Crippen LogP contribution is -2.38. The van der Waals surface area contributed by atoms with Gasteiger partial charge < -0.3 is 19.9 Å². The van der Waals surface area contributed by atoms with Crippen LogP contribution < -0.4 is 10.1 Å². The van der Waals surface area contributed by atoms with Gasteiger partial charge in [0, 0.05) is 47.3 Å². The number of likely N-dealkylation sites (tertiary alicyclic amines) is 1. The quantitative estimate of drug-likeness (QED) is 0.707. The number of hydrogen-bond acceptors (Lipinski definition) is 4. The first-order valence-electron chi connectivity index (χ1n) is 8.92. The average Bonchev–Trinajstić information content (AvgIpc) is 3.34. The van der Waals surface area contributed by atoms with Crippen LogP contribution in [-0.2, 0) is 0 Å². The Hall–Kier alpha value is -3.06. The number of ether oxygens (including phenoxy) is 1. The van der Waals surface area contributed by atoms with Crippen molar-refractivity contribution in [2.24, 2.45) is 0 Å². The number of aromatic nitrogens is 2. The van der Waals surface area contributed by atoms with Gasteiger partial charge in [0.1, 0.15) is 5.69 Å². The Morgan fingerprint density at radius 2 is 2.14 bits per heavy atom. The summed E-state index contributed by atoms with van der Waals surface area (Å²) in [5, 5.41) is 4.48. The van der Waals surface area contributed by atoms with Crippen LogP contribution in [0.1, 0.15) is 27.3 Å². The van der Waals surface area contributed by atoms with E-state index in [1.807, 2.05) is 12.1 Å². The number of fused-ring (bicyclic) bond motifs is 1. The van der Waals surface area contributed by atoms with Crippen LogP contribution in [0.25, 0.3) is 10.9 Å². The number of benzene rings is 1. The molecule has 7 nitrogen and oxygen atoms in total. The van der Waals surface area contributed by atoms with Gasteiger partial charge >= 0.3 is 0 Å². The minimum Gasteiger partial charge on any atom is -0.481 e. The molecule has 1 saturated heterocycles. The van der Waals surface area contributed by atoms with Crippen LogP contribution in [0.2, 0.25) is 5.02 Å². The molecule has 8 heteroatoms. The fraction of sp³-hybridized carbons (Fsp3) is 0.250. The van der Waals surface area contributed by atoms with Crippen LogP contribution in [0.5, 0.6) is 5.88 Å². The van der Waals surface area contributed by atoms with Crippen molar-refractivity contribution in [3.05, 3.63) is 58.9 Å². The molecule has 0 radical (unpaired) electrons. The standard InChI is InChI=1S/C20H19ClN4O3/c1-28-18-5-2-12(10-22-18)19(26)23-15-6-7-25(11-15)20(27)17-9-13-8-14(21)3-4-16(13)24-17/h2-5,8-10,15,24H,6-7,11H2,1H3,(H,23,26). The maximum Gasteiger partial charge on any atom is 0.270 e. The van der Waals surface area contributed by atoms with E-state index >= 15 is 0 Å². The summed E-state index contributed by atoms with van der Waals surface area (Å²) in [5.41, 5.74) is 1.84. The van der Waals surface area contributed by atoms with E-state index in [0.717, 1.165) is 10.9 Å². The first kappa shape index (κ1) is 18.3. The number of rotatable bonds is 4. The Balaban J connectivity index is 1.39. The minimum atomic E-state index is -0.213. The summed E-state index contributed by atoms with van der Waals surface area (Å²) in [6, 6.07) is 10.5. The molecule has 144 valence electrons. The van der Waals surface area contributed by atoms with Crippen LogP contribution >= 0.6 is 11.6 Å². The van der Waals surface area contributed by atoms with Crippen LogP contribution in [0.3, 0.4) is 0 Å². The van der Waals surface area contributed by atoms with Gasteiger partial charge in [0.2, 0.25) is 5.88 Å². The second kappa shape index (κ2) is 7.52. The van der Waals surface area contributed by atoms with Gasteiger partial charge in [-0.25, -0.2) is 4.98 Å². The molecule has 0 bridgehead atoms. The fourth-order valence-corrected chi connectivity index (χ4v) is 3.54. The molecule has 1 fully saturated rings. The number of methoxy groups -OCH3 is 1. The number of amides is 2. The third-order valence-corrected chi connectivity index (χ3v) is 5.07. The zero-order valence-electron chi connectivity index (χ0n) is 15.2. The van der Waals surface area contributed by atoms with Crippen molar-refractivity contribution < 1.29 is 14.3 Å². The zero-order valence-corrected chi connectivity index (χ0v) is 16.0. The van der Waals surface area contributed by atoms with E-state index in [1.165, 1.54) is 13.3 Å². The fourth-order valence-electron chi connectivity index (χ4n) is 3.36. The van der Waals surface area contributed by atoms with Crippen LogP contribution in [0.15, 0.2) is 42.6 Å². The molecule has 1 aliphatic rings. The molecule has 0 spiro atoms. The van der Waals surface area contributed by atoms with Gasteiger partial charge in [0.15, 0.2) is 0 Å². The largest absolute Gasteiger partial charge is 0.481 e. The van der Waals surface area contributed by atoms with Crippen LogP contribution in [0, 0.1) is 0 Å². The summed E-state index contributed by atoms with van der Waals surface area (Å²) in [5.74, 6) is 0.152. The number of carbonyl (C=O) groups excluding carboxylic acids is 2. The van der Waals surface area contributed by atoms with Gasteiger partial charge in [-0.05, 0) is 36.8 Å². The highest BCUT2D eigenvalue weighted by Gasteiger charge is 2.29. The molecule has 2 N–H and O–H groups in total. The normalized spacial score (nSPS) is 16.4. The lowest BCUT2D eigenvalue weighted by Gasteiger charge is -2.16. The maximum absolute atomic E-state index is 12.8. The van der Waals surface area contributed by atoms with Crippen molar-refractivity contribution in [1.29, 1.82) is 0 Å². The summed E-state index contributed by atoms with van der Waals surface area (Å²) in [4.78, 5) is 34.1. The Morgan fingerprint density at radius 3 is 2.89 bits per heavy atom. The molecule has 1 aromatic carbocycles. The van der Waals surface area contributed by atoms with Crippen molar-refractivity contribution in [3.8, 4) is 5.88 Å². The molecule has 0 saturated carbocycles. The minimum absolute atomic E-state index is 0.0878. The van der Waals surface area contributed by atoms with Crippen molar-refractivity contribution in [1.82, 2.24) is 20.2 Å². The molecule has 2 aromatic heterocycles. The molecule has 28 heavy (non-hydrogen) atoms. The van der Waals surface area contributed by atoms with E-state index in [4.69, 9.17) is 16.3 Å². The smallest absolute Gasteiger partial charge is 0.270 e. The van der Waals surface area contributed by atoms with E-state index in [1.54, 1.807) is 29.2 Å². The molecule has 3 aromatic rings. The number of halogens is 1. The highest BCUT2D eigenvalue weighted by atomic mass is 35.5. The molecule has 1 unspecified atom stereocenters. The summed E-state index contributed by atoms with van der Waals surface area (Å²) in [7, 11) is 1.52. The summed E-state index contributed by atoms with van der Waals surface area (Å²) >= 11 is 6.01. The molecular formula is C20H19ClN4O3. The van der Waals surface area contributed by atoms with E-state index in [-0.39, 0.29) is 17.9 Å². The third kappa shape index (κ3) is 3.66. The Kier molecular flexibility index (Phi) is 4.92. The molecule has 1 atom stereocenters. The number of aromatic amines is 1. The number of nitrogens with one attached hydrogen (secondary N) is 2. The van der Waals surface area contributed by atoms with Gasteiger partial charge in [-0.2, -0.15) is 0 Å². The van der Waals surface area contributed by atoms with E-state index in [0.29, 0.717) is 41.7 Å². The summed E-state index contributed by atoms with van der Waals surface area (Å²) in [6.07, 6.45) is 2.18. The number of carbonyl (C=O) groups is 2. The SMILES string of the molecule is COc1ccc(C(=O)NC2CCN(C(=O)c3cc4cc(Cl)ccc4[nH]3)C2)cn1. The van der Waals surface area contributed by atoms with Gasteiger partial charge in [0.05, 0.1) is 12.7 Å². The average molecular weight is 399 g/mol.